The Bertz CT molecular complexity index is 1350. The maximum Gasteiger partial charge on any atom is 0.264 e. The number of piperidine rings is 1. The molecule has 2 atom stereocenters. The summed E-state index contributed by atoms with van der Waals surface area (Å²) in [7, 11) is -3.83. The molecule has 0 spiro atoms. The fourth-order valence-corrected chi connectivity index (χ4v) is 6.83. The number of aromatic nitrogens is 1. The van der Waals surface area contributed by atoms with Gasteiger partial charge in [-0.05, 0) is 73.9 Å². The molecule has 3 aliphatic heterocycles. The molecule has 2 unspecified atom stereocenters. The summed E-state index contributed by atoms with van der Waals surface area (Å²) in [5.41, 5.74) is 1.45. The molecule has 4 aliphatic rings. The van der Waals surface area contributed by atoms with E-state index in [1.807, 2.05) is 12.1 Å². The number of nitrogens with one attached hydrogen (secondary N) is 1. The first-order valence-electron chi connectivity index (χ1n) is 12.5. The highest BCUT2D eigenvalue weighted by molar-refractivity contribution is 7.93. The van der Waals surface area contributed by atoms with Crippen LogP contribution in [0.2, 0.25) is 0 Å². The lowest BCUT2D eigenvalue weighted by Gasteiger charge is -2.36. The van der Waals surface area contributed by atoms with E-state index in [-0.39, 0.29) is 16.8 Å². The topological polar surface area (TPSA) is 82.6 Å². The van der Waals surface area contributed by atoms with Crippen molar-refractivity contribution in [1.29, 1.82) is 0 Å². The molecule has 4 heterocycles. The Morgan fingerprint density at radius 1 is 0.943 bits per heavy atom. The molecule has 2 bridgehead atoms. The Labute approximate surface area is 206 Å². The summed E-state index contributed by atoms with van der Waals surface area (Å²) in [6, 6.07) is 15.8. The fraction of sp³-hybridized carbons (Fsp3) is 0.407. The number of fused-ring (bicyclic) bond motifs is 5. The van der Waals surface area contributed by atoms with E-state index in [2.05, 4.69) is 19.5 Å². The Balaban J connectivity index is 1.17. The van der Waals surface area contributed by atoms with Gasteiger partial charge in [0.15, 0.2) is 0 Å². The summed E-state index contributed by atoms with van der Waals surface area (Å²) in [5, 5.41) is 0.763. The molecule has 0 radical (unpaired) electrons. The van der Waals surface area contributed by atoms with Crippen LogP contribution in [0.4, 0.5) is 5.69 Å². The van der Waals surface area contributed by atoms with Crippen molar-refractivity contribution in [2.45, 2.75) is 36.6 Å². The number of rotatable bonds is 6. The minimum atomic E-state index is -3.83. The number of hydrogen-bond donors (Lipinski definition) is 1. The standard InChI is InChI=1S/C27H30N4O3S/c32-27(31-17-20-8-13-24(31)18-30(16-20)15-19-6-7-19)22-9-11-23(12-10-22)29-35(33,34)25-5-1-3-21-4-2-14-28-26(21)25/h1-5,9-12,14,19-20,24,29H,6-8,13,15-18H2. The third-order valence-corrected chi connectivity index (χ3v) is 8.95. The predicted molar refractivity (Wildman–Crippen MR) is 136 cm³/mol. The van der Waals surface area contributed by atoms with Gasteiger partial charge < -0.3 is 9.80 Å². The third kappa shape index (κ3) is 4.65. The molecule has 4 fully saturated rings. The van der Waals surface area contributed by atoms with Gasteiger partial charge in [-0.15, -0.1) is 0 Å². The highest BCUT2D eigenvalue weighted by Gasteiger charge is 2.38. The van der Waals surface area contributed by atoms with Crippen LogP contribution in [0.3, 0.4) is 0 Å². The number of sulfonamides is 1. The van der Waals surface area contributed by atoms with Crippen molar-refractivity contribution < 1.29 is 13.2 Å². The number of carbonyl (C=O) groups is 1. The van der Waals surface area contributed by atoms with Gasteiger partial charge in [0.1, 0.15) is 4.90 Å². The first-order chi connectivity index (χ1) is 17.0. The van der Waals surface area contributed by atoms with E-state index in [4.69, 9.17) is 0 Å². The summed E-state index contributed by atoms with van der Waals surface area (Å²) in [4.78, 5) is 22.4. The summed E-state index contributed by atoms with van der Waals surface area (Å²) >= 11 is 0. The summed E-state index contributed by atoms with van der Waals surface area (Å²) in [6.45, 7) is 4.05. The smallest absolute Gasteiger partial charge is 0.264 e. The highest BCUT2D eigenvalue weighted by Crippen LogP contribution is 2.34. The molecule has 3 aromatic rings. The van der Waals surface area contributed by atoms with E-state index in [1.165, 1.54) is 25.8 Å². The number of carbonyl (C=O) groups excluding carboxylic acids is 1. The van der Waals surface area contributed by atoms with Crippen LogP contribution in [0, 0.1) is 11.8 Å². The van der Waals surface area contributed by atoms with Gasteiger partial charge in [0, 0.05) is 55.1 Å². The summed E-state index contributed by atoms with van der Waals surface area (Å²) in [6.07, 6.45) is 6.54. The minimum Gasteiger partial charge on any atom is -0.334 e. The van der Waals surface area contributed by atoms with Gasteiger partial charge >= 0.3 is 0 Å². The van der Waals surface area contributed by atoms with E-state index in [9.17, 15) is 13.2 Å². The SMILES string of the molecule is O=C(c1ccc(NS(=O)(=O)c2cccc3cccnc23)cc1)N1CC2CCC1CN(CC1CC1)C2. The van der Waals surface area contributed by atoms with Gasteiger partial charge in [-0.1, -0.05) is 18.2 Å². The van der Waals surface area contributed by atoms with Gasteiger partial charge in [0.25, 0.3) is 15.9 Å². The van der Waals surface area contributed by atoms with E-state index in [0.717, 1.165) is 37.4 Å². The normalized spacial score (nSPS) is 22.8. The average Bonchev–Trinajstić information content (AvgIpc) is 3.71. The van der Waals surface area contributed by atoms with Crippen molar-refractivity contribution in [1.82, 2.24) is 14.8 Å². The van der Waals surface area contributed by atoms with E-state index >= 15 is 0 Å². The summed E-state index contributed by atoms with van der Waals surface area (Å²) < 4.78 is 28.8. The van der Waals surface area contributed by atoms with Crippen LogP contribution in [-0.4, -0.2) is 61.3 Å². The Morgan fingerprint density at radius 3 is 2.54 bits per heavy atom. The molecule has 1 N–H and O–H groups in total. The number of para-hydroxylation sites is 1. The molecule has 1 aromatic heterocycles. The molecule has 8 heteroatoms. The maximum absolute atomic E-state index is 13.4. The van der Waals surface area contributed by atoms with Gasteiger partial charge in [0.2, 0.25) is 0 Å². The van der Waals surface area contributed by atoms with Crippen LogP contribution in [0.25, 0.3) is 10.9 Å². The highest BCUT2D eigenvalue weighted by atomic mass is 32.2. The quantitative estimate of drug-likeness (QED) is 0.565. The van der Waals surface area contributed by atoms with E-state index < -0.39 is 10.0 Å². The van der Waals surface area contributed by atoms with Gasteiger partial charge in [-0.3, -0.25) is 14.5 Å². The Morgan fingerprint density at radius 2 is 1.74 bits per heavy atom. The van der Waals surface area contributed by atoms with E-state index in [0.29, 0.717) is 22.7 Å². The monoisotopic (exact) mass is 490 g/mol. The first kappa shape index (κ1) is 22.5. The fourth-order valence-electron chi connectivity index (χ4n) is 5.59. The second kappa shape index (κ2) is 8.91. The van der Waals surface area contributed by atoms with Gasteiger partial charge in [-0.25, -0.2) is 8.42 Å². The average molecular weight is 491 g/mol. The zero-order valence-electron chi connectivity index (χ0n) is 19.6. The van der Waals surface area contributed by atoms with Crippen LogP contribution >= 0.6 is 0 Å². The van der Waals surface area contributed by atoms with Gasteiger partial charge in [-0.2, -0.15) is 0 Å². The van der Waals surface area contributed by atoms with Crippen molar-refractivity contribution in [2.24, 2.45) is 11.8 Å². The lowest BCUT2D eigenvalue weighted by molar-refractivity contribution is 0.0585. The largest absolute Gasteiger partial charge is 0.334 e. The van der Waals surface area contributed by atoms with Crippen molar-refractivity contribution in [3.63, 3.8) is 0 Å². The lowest BCUT2D eigenvalue weighted by atomic mass is 9.94. The third-order valence-electron chi connectivity index (χ3n) is 7.53. The van der Waals surface area contributed by atoms with Crippen LogP contribution < -0.4 is 4.72 Å². The molecule has 3 saturated heterocycles. The number of anilines is 1. The molecule has 7 rings (SSSR count). The molecule has 7 nitrogen and oxygen atoms in total. The van der Waals surface area contributed by atoms with Crippen LogP contribution in [-0.2, 0) is 10.0 Å². The van der Waals surface area contributed by atoms with Gasteiger partial charge in [0.05, 0.1) is 5.52 Å². The van der Waals surface area contributed by atoms with Crippen LogP contribution in [0.1, 0.15) is 36.0 Å². The minimum absolute atomic E-state index is 0.0423. The number of benzene rings is 2. The second-order valence-corrected chi connectivity index (χ2v) is 11.9. The van der Waals surface area contributed by atoms with Crippen molar-refractivity contribution in [3.05, 3.63) is 66.4 Å². The molecular formula is C27H30N4O3S. The van der Waals surface area contributed by atoms with Crippen molar-refractivity contribution >= 4 is 32.5 Å². The summed E-state index contributed by atoms with van der Waals surface area (Å²) in [5.74, 6) is 1.44. The molecule has 1 amide bonds. The number of hydrogen-bond acceptors (Lipinski definition) is 5. The van der Waals surface area contributed by atoms with Crippen molar-refractivity contribution in [3.8, 4) is 0 Å². The number of pyridine rings is 1. The lowest BCUT2D eigenvalue weighted by Crippen LogP contribution is -2.47. The number of nitrogens with zero attached hydrogens (tertiary/aromatic N) is 3. The maximum atomic E-state index is 13.4. The molecule has 1 aliphatic carbocycles. The molecule has 2 aromatic carbocycles. The van der Waals surface area contributed by atoms with Crippen LogP contribution in [0.15, 0.2) is 65.7 Å². The first-order valence-corrected chi connectivity index (χ1v) is 13.9. The predicted octanol–water partition coefficient (Wildman–Crippen LogP) is 3.98. The van der Waals surface area contributed by atoms with Crippen LogP contribution in [0.5, 0.6) is 0 Å². The molecule has 35 heavy (non-hydrogen) atoms. The zero-order chi connectivity index (χ0) is 24.0. The van der Waals surface area contributed by atoms with Crippen molar-refractivity contribution in [2.75, 3.05) is 30.9 Å². The number of amides is 1. The zero-order valence-corrected chi connectivity index (χ0v) is 20.5. The molecule has 1 saturated carbocycles. The molecular weight excluding hydrogens is 460 g/mol. The Hall–Kier alpha value is -2.97. The Kier molecular flexibility index (Phi) is 5.73. The second-order valence-electron chi connectivity index (χ2n) is 10.2. The molecule has 182 valence electrons. The van der Waals surface area contributed by atoms with E-state index in [1.54, 1.807) is 48.7 Å².